The zero-order chi connectivity index (χ0) is 19.7. The minimum absolute atomic E-state index is 0.0241. The van der Waals surface area contributed by atoms with Crippen molar-refractivity contribution >= 4 is 22.6 Å². The van der Waals surface area contributed by atoms with Gasteiger partial charge in [0, 0.05) is 12.1 Å². The Bertz CT molecular complexity index is 1240. The summed E-state index contributed by atoms with van der Waals surface area (Å²) in [7, 11) is 0. The molecule has 0 atom stereocenters. The summed E-state index contributed by atoms with van der Waals surface area (Å²) in [5.74, 6) is -0.986. The van der Waals surface area contributed by atoms with Gasteiger partial charge in [-0.05, 0) is 36.4 Å². The standard InChI is InChI=1S/C20H11NO7/c22-17-14-4-1-2-5-15(14)27-18(16-6-3-11-26-16)19(17)28-20(23)12-7-9-13(10-8-12)21(24)25/h1-11H. The average Bonchev–Trinajstić information content (AvgIpc) is 3.24. The SMILES string of the molecule is O=C(Oc1c(-c2ccco2)oc2ccccc2c1=O)c1ccc([N+](=O)[O-])cc1. The Morgan fingerprint density at radius 2 is 1.75 bits per heavy atom. The summed E-state index contributed by atoms with van der Waals surface area (Å²) < 4.78 is 16.4. The van der Waals surface area contributed by atoms with Crippen LogP contribution in [0.25, 0.3) is 22.5 Å². The zero-order valence-corrected chi connectivity index (χ0v) is 14.2. The molecule has 0 unspecified atom stereocenters. The largest absolute Gasteiger partial charge is 0.461 e. The number of furan rings is 1. The lowest BCUT2D eigenvalue weighted by Crippen LogP contribution is -2.16. The molecule has 0 bridgehead atoms. The third kappa shape index (κ3) is 3.03. The van der Waals surface area contributed by atoms with Gasteiger partial charge in [0.25, 0.3) is 5.69 Å². The Balaban J connectivity index is 1.80. The number of nitrogens with zero attached hydrogens (tertiary/aromatic N) is 1. The maximum atomic E-state index is 12.9. The molecule has 0 N–H and O–H groups in total. The summed E-state index contributed by atoms with van der Waals surface area (Å²) in [5, 5.41) is 11.0. The van der Waals surface area contributed by atoms with Crippen molar-refractivity contribution < 1.29 is 23.3 Å². The van der Waals surface area contributed by atoms with Gasteiger partial charge in [0.2, 0.25) is 16.9 Å². The number of para-hydroxylation sites is 1. The molecule has 0 radical (unpaired) electrons. The van der Waals surface area contributed by atoms with Gasteiger partial charge in [-0.2, -0.15) is 0 Å². The van der Waals surface area contributed by atoms with Crippen LogP contribution in [0.4, 0.5) is 5.69 Å². The fraction of sp³-hybridized carbons (Fsp3) is 0. The number of carbonyl (C=O) groups excluding carboxylic acids is 1. The molecule has 8 nitrogen and oxygen atoms in total. The number of hydrogen-bond donors (Lipinski definition) is 0. The molecular weight excluding hydrogens is 366 g/mol. The molecule has 28 heavy (non-hydrogen) atoms. The lowest BCUT2D eigenvalue weighted by Gasteiger charge is -2.09. The van der Waals surface area contributed by atoms with Gasteiger partial charge in [0.05, 0.1) is 22.1 Å². The number of non-ortho nitro benzene ring substituents is 1. The van der Waals surface area contributed by atoms with Gasteiger partial charge in [-0.15, -0.1) is 0 Å². The number of fused-ring (bicyclic) bond motifs is 1. The second-order valence-corrected chi connectivity index (χ2v) is 5.76. The van der Waals surface area contributed by atoms with E-state index in [1.807, 2.05) is 0 Å². The lowest BCUT2D eigenvalue weighted by atomic mass is 10.2. The molecule has 0 aliphatic carbocycles. The summed E-state index contributed by atoms with van der Waals surface area (Å²) in [5.41, 5.74) is -0.348. The van der Waals surface area contributed by atoms with Crippen LogP contribution in [0.1, 0.15) is 10.4 Å². The van der Waals surface area contributed by atoms with Crippen molar-refractivity contribution in [1.82, 2.24) is 0 Å². The molecule has 4 rings (SSSR count). The molecule has 0 fully saturated rings. The minimum Gasteiger partial charge on any atom is -0.461 e. The molecule has 2 aromatic carbocycles. The van der Waals surface area contributed by atoms with Crippen molar-refractivity contribution in [2.75, 3.05) is 0 Å². The number of benzene rings is 2. The van der Waals surface area contributed by atoms with E-state index in [2.05, 4.69) is 0 Å². The molecule has 0 amide bonds. The van der Waals surface area contributed by atoms with E-state index in [1.54, 1.807) is 36.4 Å². The van der Waals surface area contributed by atoms with E-state index < -0.39 is 16.3 Å². The first-order chi connectivity index (χ1) is 13.5. The van der Waals surface area contributed by atoms with Gasteiger partial charge in [0.1, 0.15) is 5.58 Å². The van der Waals surface area contributed by atoms with E-state index in [0.717, 1.165) is 0 Å². The molecule has 0 aliphatic heterocycles. The van der Waals surface area contributed by atoms with E-state index in [9.17, 15) is 19.7 Å². The number of carbonyl (C=O) groups is 1. The zero-order valence-electron chi connectivity index (χ0n) is 14.2. The van der Waals surface area contributed by atoms with E-state index in [1.165, 1.54) is 30.5 Å². The number of ether oxygens (including phenoxy) is 1. The van der Waals surface area contributed by atoms with E-state index in [0.29, 0.717) is 5.58 Å². The van der Waals surface area contributed by atoms with Crippen molar-refractivity contribution in [3.05, 3.63) is 92.8 Å². The Labute approximate surface area is 156 Å². The molecule has 8 heteroatoms. The molecule has 2 aromatic heterocycles. The second-order valence-electron chi connectivity index (χ2n) is 5.76. The van der Waals surface area contributed by atoms with Crippen LogP contribution in [0, 0.1) is 10.1 Å². The minimum atomic E-state index is -0.856. The normalized spacial score (nSPS) is 10.7. The van der Waals surface area contributed by atoms with Crippen molar-refractivity contribution in [3.8, 4) is 17.3 Å². The summed E-state index contributed by atoms with van der Waals surface area (Å²) >= 11 is 0. The summed E-state index contributed by atoms with van der Waals surface area (Å²) in [6.07, 6.45) is 1.40. The van der Waals surface area contributed by atoms with Gasteiger partial charge in [0.15, 0.2) is 5.76 Å². The molecular formula is C20H11NO7. The predicted octanol–water partition coefficient (Wildman–Crippen LogP) is 4.18. The number of esters is 1. The van der Waals surface area contributed by atoms with Crippen LogP contribution in [0.15, 0.2) is 80.6 Å². The third-order valence-corrected chi connectivity index (χ3v) is 4.01. The highest BCUT2D eigenvalue weighted by molar-refractivity contribution is 5.93. The van der Waals surface area contributed by atoms with Crippen molar-refractivity contribution in [1.29, 1.82) is 0 Å². The molecule has 2 heterocycles. The number of hydrogen-bond acceptors (Lipinski definition) is 7. The Hall–Kier alpha value is -4.20. The summed E-state index contributed by atoms with van der Waals surface area (Å²) in [6, 6.07) is 14.5. The highest BCUT2D eigenvalue weighted by atomic mass is 16.6. The Morgan fingerprint density at radius 3 is 2.43 bits per heavy atom. The Kier molecular flexibility index (Phi) is 4.21. The number of rotatable bonds is 4. The molecule has 138 valence electrons. The van der Waals surface area contributed by atoms with Crippen molar-refractivity contribution in [2.45, 2.75) is 0 Å². The number of nitro groups is 1. The maximum absolute atomic E-state index is 12.9. The summed E-state index contributed by atoms with van der Waals surface area (Å²) in [4.78, 5) is 35.6. The Morgan fingerprint density at radius 1 is 1.00 bits per heavy atom. The topological polar surface area (TPSA) is 113 Å². The van der Waals surface area contributed by atoms with Crippen LogP contribution in [-0.2, 0) is 0 Å². The van der Waals surface area contributed by atoms with Crippen LogP contribution in [-0.4, -0.2) is 10.9 Å². The van der Waals surface area contributed by atoms with Crippen LogP contribution in [0.3, 0.4) is 0 Å². The highest BCUT2D eigenvalue weighted by Crippen LogP contribution is 2.31. The maximum Gasteiger partial charge on any atom is 0.343 e. The van der Waals surface area contributed by atoms with Crippen molar-refractivity contribution in [2.24, 2.45) is 0 Å². The van der Waals surface area contributed by atoms with Gasteiger partial charge in [-0.25, -0.2) is 4.79 Å². The van der Waals surface area contributed by atoms with Gasteiger partial charge < -0.3 is 13.6 Å². The second kappa shape index (κ2) is 6.84. The predicted molar refractivity (Wildman–Crippen MR) is 98.2 cm³/mol. The van der Waals surface area contributed by atoms with Gasteiger partial charge >= 0.3 is 5.97 Å². The first-order valence-corrected chi connectivity index (χ1v) is 8.11. The monoisotopic (exact) mass is 377 g/mol. The van der Waals surface area contributed by atoms with Crippen LogP contribution < -0.4 is 10.2 Å². The van der Waals surface area contributed by atoms with E-state index in [-0.39, 0.29) is 33.9 Å². The quantitative estimate of drug-likeness (QED) is 0.298. The van der Waals surface area contributed by atoms with Crippen LogP contribution in [0.2, 0.25) is 0 Å². The van der Waals surface area contributed by atoms with Gasteiger partial charge in [-0.1, -0.05) is 12.1 Å². The molecule has 0 spiro atoms. The lowest BCUT2D eigenvalue weighted by molar-refractivity contribution is -0.384. The van der Waals surface area contributed by atoms with Crippen LogP contribution >= 0.6 is 0 Å². The molecule has 0 saturated heterocycles. The molecule has 0 saturated carbocycles. The number of nitro benzene ring substituents is 1. The fourth-order valence-corrected chi connectivity index (χ4v) is 2.66. The van der Waals surface area contributed by atoms with Crippen LogP contribution in [0.5, 0.6) is 5.75 Å². The molecule has 4 aromatic rings. The smallest absolute Gasteiger partial charge is 0.343 e. The third-order valence-electron chi connectivity index (χ3n) is 4.01. The first kappa shape index (κ1) is 17.2. The van der Waals surface area contributed by atoms with Crippen molar-refractivity contribution in [3.63, 3.8) is 0 Å². The first-order valence-electron chi connectivity index (χ1n) is 8.11. The highest BCUT2D eigenvalue weighted by Gasteiger charge is 2.23. The summed E-state index contributed by atoms with van der Waals surface area (Å²) in [6.45, 7) is 0. The van der Waals surface area contributed by atoms with Gasteiger partial charge in [-0.3, -0.25) is 14.9 Å². The fourth-order valence-electron chi connectivity index (χ4n) is 2.66. The molecule has 0 aliphatic rings. The van der Waals surface area contributed by atoms with E-state index >= 15 is 0 Å². The van der Waals surface area contributed by atoms with E-state index in [4.69, 9.17) is 13.6 Å². The average molecular weight is 377 g/mol.